The van der Waals surface area contributed by atoms with E-state index in [2.05, 4.69) is 15.9 Å². The first-order valence-electron chi connectivity index (χ1n) is 6.47. The van der Waals surface area contributed by atoms with Gasteiger partial charge in [0.1, 0.15) is 11.4 Å². The first-order valence-corrected chi connectivity index (χ1v) is 7.26. The van der Waals surface area contributed by atoms with Crippen molar-refractivity contribution < 1.29 is 13.6 Å². The number of hydrogen-bond acceptors (Lipinski definition) is 2. The zero-order valence-corrected chi connectivity index (χ0v) is 13.1. The number of rotatable bonds is 2. The molecule has 0 amide bonds. The molecule has 4 heteroatoms. The highest BCUT2D eigenvalue weighted by Gasteiger charge is 2.21. The maximum atomic E-state index is 14.1. The summed E-state index contributed by atoms with van der Waals surface area (Å²) in [7, 11) is 0. The van der Waals surface area contributed by atoms with E-state index < -0.39 is 11.6 Å². The molecule has 0 N–H and O–H groups in total. The summed E-state index contributed by atoms with van der Waals surface area (Å²) in [6, 6.07) is 10.3. The number of carbonyl (C=O) groups excluding carboxylic acids is 1. The Kier molecular flexibility index (Phi) is 3.41. The van der Waals surface area contributed by atoms with Gasteiger partial charge in [-0.15, -0.1) is 0 Å². The van der Waals surface area contributed by atoms with Gasteiger partial charge in [0.15, 0.2) is 5.76 Å². The first-order chi connectivity index (χ1) is 9.97. The maximum Gasteiger partial charge on any atom is 0.231 e. The summed E-state index contributed by atoms with van der Waals surface area (Å²) in [5.41, 5.74) is 2.05. The van der Waals surface area contributed by atoms with Gasteiger partial charge in [0.05, 0.1) is 10.0 Å². The van der Waals surface area contributed by atoms with E-state index in [1.165, 1.54) is 6.07 Å². The molecule has 0 saturated carbocycles. The summed E-state index contributed by atoms with van der Waals surface area (Å²) in [6.07, 6.45) is 0. The van der Waals surface area contributed by atoms with E-state index in [1.807, 2.05) is 18.2 Å². The number of benzene rings is 2. The summed E-state index contributed by atoms with van der Waals surface area (Å²) in [5, 5.41) is 0.804. The predicted molar refractivity (Wildman–Crippen MR) is 83.2 cm³/mol. The second-order valence-corrected chi connectivity index (χ2v) is 5.89. The summed E-state index contributed by atoms with van der Waals surface area (Å²) >= 11 is 3.37. The molecule has 0 spiro atoms. The Bertz CT molecular complexity index is 841. The van der Waals surface area contributed by atoms with Crippen LogP contribution in [0.2, 0.25) is 0 Å². The van der Waals surface area contributed by atoms with E-state index in [0.717, 1.165) is 15.4 Å². The molecule has 2 aromatic carbocycles. The molecule has 3 rings (SSSR count). The summed E-state index contributed by atoms with van der Waals surface area (Å²) in [5.74, 6) is -0.812. The van der Waals surface area contributed by atoms with Crippen molar-refractivity contribution in [2.75, 3.05) is 0 Å². The topological polar surface area (TPSA) is 30.2 Å². The maximum absolute atomic E-state index is 14.1. The molecule has 106 valence electrons. The lowest BCUT2D eigenvalue weighted by molar-refractivity contribution is 0.101. The van der Waals surface area contributed by atoms with Crippen LogP contribution in [0.5, 0.6) is 0 Å². The Labute approximate surface area is 129 Å². The lowest BCUT2D eigenvalue weighted by Gasteiger charge is -2.06. The molecule has 0 aliphatic carbocycles. The average molecular weight is 347 g/mol. The molecular formula is C17H12BrFO2. The second kappa shape index (κ2) is 5.11. The molecule has 3 aromatic rings. The molecule has 0 aliphatic rings. The third-order valence-corrected chi connectivity index (χ3v) is 4.00. The van der Waals surface area contributed by atoms with Gasteiger partial charge in [0, 0.05) is 5.39 Å². The molecule has 0 aliphatic heterocycles. The van der Waals surface area contributed by atoms with Crippen molar-refractivity contribution in [2.45, 2.75) is 13.8 Å². The Morgan fingerprint density at radius 1 is 1.19 bits per heavy atom. The summed E-state index contributed by atoms with van der Waals surface area (Å²) in [4.78, 5) is 12.5. The van der Waals surface area contributed by atoms with E-state index in [-0.39, 0.29) is 11.3 Å². The van der Waals surface area contributed by atoms with Crippen LogP contribution >= 0.6 is 15.9 Å². The summed E-state index contributed by atoms with van der Waals surface area (Å²) < 4.78 is 20.5. The van der Waals surface area contributed by atoms with E-state index in [9.17, 15) is 9.18 Å². The van der Waals surface area contributed by atoms with Crippen LogP contribution in [0.1, 0.15) is 27.2 Å². The fourth-order valence-corrected chi connectivity index (χ4v) is 2.93. The van der Waals surface area contributed by atoms with Crippen LogP contribution in [0, 0.1) is 19.7 Å². The molecule has 0 saturated heterocycles. The van der Waals surface area contributed by atoms with Crippen LogP contribution in [0.25, 0.3) is 11.0 Å². The number of hydrogen-bond donors (Lipinski definition) is 0. The van der Waals surface area contributed by atoms with Gasteiger partial charge in [-0.1, -0.05) is 18.2 Å². The minimum absolute atomic E-state index is 0.0655. The third kappa shape index (κ3) is 2.40. The number of ketones is 1. The minimum Gasteiger partial charge on any atom is -0.451 e. The molecule has 21 heavy (non-hydrogen) atoms. The second-order valence-electron chi connectivity index (χ2n) is 5.04. The van der Waals surface area contributed by atoms with Crippen molar-refractivity contribution in [3.05, 3.63) is 69.1 Å². The number of furan rings is 1. The quantitative estimate of drug-likeness (QED) is 0.598. The van der Waals surface area contributed by atoms with Crippen molar-refractivity contribution in [2.24, 2.45) is 0 Å². The van der Waals surface area contributed by atoms with Crippen molar-refractivity contribution >= 4 is 32.7 Å². The molecule has 1 aromatic heterocycles. The highest BCUT2D eigenvalue weighted by molar-refractivity contribution is 9.10. The molecule has 0 unspecified atom stereocenters. The highest BCUT2D eigenvalue weighted by atomic mass is 79.9. The molecule has 0 fully saturated rings. The van der Waals surface area contributed by atoms with Gasteiger partial charge in [-0.05, 0) is 59.1 Å². The number of fused-ring (bicyclic) bond motifs is 1. The standard InChI is InChI=1S/C17H12BrFO2/c1-9-6-10(2)15(13(19)7-9)16(20)14-8-11-4-3-5-12(18)17(11)21-14/h3-8H,1-2H3. The molecule has 2 nitrogen and oxygen atoms in total. The smallest absolute Gasteiger partial charge is 0.231 e. The van der Waals surface area contributed by atoms with E-state index >= 15 is 0 Å². The lowest BCUT2D eigenvalue weighted by atomic mass is 10.00. The minimum atomic E-state index is -0.517. The van der Waals surface area contributed by atoms with Gasteiger partial charge in [0.25, 0.3) is 0 Å². The number of carbonyl (C=O) groups is 1. The predicted octanol–water partition coefficient (Wildman–Crippen LogP) is 5.18. The molecule has 0 atom stereocenters. The van der Waals surface area contributed by atoms with Crippen LogP contribution in [0.3, 0.4) is 0 Å². The van der Waals surface area contributed by atoms with Crippen LogP contribution in [-0.4, -0.2) is 5.78 Å². The molecule has 0 bridgehead atoms. The average Bonchev–Trinajstić information content (AvgIpc) is 2.82. The van der Waals surface area contributed by atoms with Crippen molar-refractivity contribution in [3.8, 4) is 0 Å². The first kappa shape index (κ1) is 14.0. The van der Waals surface area contributed by atoms with E-state index in [0.29, 0.717) is 11.1 Å². The normalized spacial score (nSPS) is 11.0. The van der Waals surface area contributed by atoms with Crippen molar-refractivity contribution in [1.29, 1.82) is 0 Å². The van der Waals surface area contributed by atoms with Gasteiger partial charge in [0.2, 0.25) is 5.78 Å². The number of para-hydroxylation sites is 1. The molecule has 1 heterocycles. The monoisotopic (exact) mass is 346 g/mol. The lowest BCUT2D eigenvalue weighted by Crippen LogP contribution is -2.06. The van der Waals surface area contributed by atoms with Crippen LogP contribution in [-0.2, 0) is 0 Å². The Morgan fingerprint density at radius 2 is 1.95 bits per heavy atom. The van der Waals surface area contributed by atoms with Crippen molar-refractivity contribution in [3.63, 3.8) is 0 Å². The zero-order valence-electron chi connectivity index (χ0n) is 11.5. The largest absolute Gasteiger partial charge is 0.451 e. The fraction of sp³-hybridized carbons (Fsp3) is 0.118. The van der Waals surface area contributed by atoms with Gasteiger partial charge < -0.3 is 4.42 Å². The SMILES string of the molecule is Cc1cc(C)c(C(=O)c2cc3cccc(Br)c3o2)c(F)c1. The number of halogens is 2. The van der Waals surface area contributed by atoms with E-state index in [1.54, 1.807) is 26.0 Å². The Hall–Kier alpha value is -1.94. The van der Waals surface area contributed by atoms with Gasteiger partial charge in [-0.3, -0.25) is 4.79 Å². The highest BCUT2D eigenvalue weighted by Crippen LogP contribution is 2.29. The Balaban J connectivity index is 2.15. The van der Waals surface area contributed by atoms with Crippen LogP contribution < -0.4 is 0 Å². The molecular weight excluding hydrogens is 335 g/mol. The number of aryl methyl sites for hydroxylation is 2. The van der Waals surface area contributed by atoms with Gasteiger partial charge in [-0.2, -0.15) is 0 Å². The molecule has 0 radical (unpaired) electrons. The zero-order chi connectivity index (χ0) is 15.1. The van der Waals surface area contributed by atoms with Crippen LogP contribution in [0.15, 0.2) is 45.3 Å². The van der Waals surface area contributed by atoms with Gasteiger partial charge >= 0.3 is 0 Å². The van der Waals surface area contributed by atoms with Crippen LogP contribution in [0.4, 0.5) is 4.39 Å². The Morgan fingerprint density at radius 3 is 2.62 bits per heavy atom. The third-order valence-electron chi connectivity index (χ3n) is 3.38. The summed E-state index contributed by atoms with van der Waals surface area (Å²) in [6.45, 7) is 3.52. The van der Waals surface area contributed by atoms with E-state index in [4.69, 9.17) is 4.42 Å². The fourth-order valence-electron chi connectivity index (χ4n) is 2.47. The van der Waals surface area contributed by atoms with Crippen molar-refractivity contribution in [1.82, 2.24) is 0 Å². The van der Waals surface area contributed by atoms with Gasteiger partial charge in [-0.25, -0.2) is 4.39 Å².